The molecule has 0 heterocycles. The van der Waals surface area contributed by atoms with Crippen LogP contribution in [0.1, 0.15) is 25.7 Å². The predicted octanol–water partition coefficient (Wildman–Crippen LogP) is -3.58. The van der Waals surface area contributed by atoms with Gasteiger partial charge in [-0.05, 0) is 25.8 Å². The molecule has 3 atom stereocenters. The van der Waals surface area contributed by atoms with Gasteiger partial charge < -0.3 is 38.3 Å². The van der Waals surface area contributed by atoms with Crippen molar-refractivity contribution < 1.29 is 29.1 Å². The highest BCUT2D eigenvalue weighted by molar-refractivity contribution is 7.80. The number of hydrogen-bond acceptors (Lipinski definition) is 8. The lowest BCUT2D eigenvalue weighted by atomic mass is 10.1. The van der Waals surface area contributed by atoms with Crippen LogP contribution in [0.2, 0.25) is 0 Å². The van der Waals surface area contributed by atoms with Crippen LogP contribution in [0.5, 0.6) is 0 Å². The number of carbonyl (C=O) groups excluding carboxylic acids is 4. The highest BCUT2D eigenvalue weighted by atomic mass is 32.1. The van der Waals surface area contributed by atoms with Crippen molar-refractivity contribution in [3.63, 3.8) is 0 Å². The molecule has 0 rings (SSSR count). The molecule has 0 aliphatic heterocycles. The van der Waals surface area contributed by atoms with E-state index < -0.39 is 60.7 Å². The molecule has 4 amide bonds. The van der Waals surface area contributed by atoms with Crippen molar-refractivity contribution in [1.82, 2.24) is 16.0 Å². The van der Waals surface area contributed by atoms with E-state index in [2.05, 4.69) is 28.6 Å². The van der Waals surface area contributed by atoms with E-state index in [1.54, 1.807) is 0 Å². The number of carbonyl (C=O) groups is 5. The number of nitrogens with two attached hydrogens (primary N) is 3. The van der Waals surface area contributed by atoms with Gasteiger partial charge in [-0.1, -0.05) is 0 Å². The van der Waals surface area contributed by atoms with Crippen LogP contribution >= 0.6 is 12.6 Å². The molecule has 0 aliphatic rings. The molecule has 0 radical (unpaired) electrons. The van der Waals surface area contributed by atoms with Gasteiger partial charge in [0.1, 0.15) is 18.6 Å². The summed E-state index contributed by atoms with van der Waals surface area (Å²) >= 11 is 3.92. The molecule has 0 aromatic carbocycles. The lowest BCUT2D eigenvalue weighted by Crippen LogP contribution is -2.56. The number of thiol groups is 1. The molecule has 160 valence electrons. The minimum atomic E-state index is -1.39. The SMILES string of the molecule is NCCCCC(NC(=O)C(N)CS)C(=O)NC(CC(N)=O)C(=O)NCC(=O)O. The van der Waals surface area contributed by atoms with Gasteiger partial charge >= 0.3 is 5.97 Å². The average Bonchev–Trinajstić information content (AvgIpc) is 2.63. The Labute approximate surface area is 167 Å². The summed E-state index contributed by atoms with van der Waals surface area (Å²) in [7, 11) is 0. The first-order chi connectivity index (χ1) is 13.1. The normalized spacial score (nSPS) is 13.7. The van der Waals surface area contributed by atoms with Crippen LogP contribution in [0.25, 0.3) is 0 Å². The maximum Gasteiger partial charge on any atom is 0.322 e. The van der Waals surface area contributed by atoms with Gasteiger partial charge in [0.25, 0.3) is 0 Å². The summed E-state index contributed by atoms with van der Waals surface area (Å²) in [6, 6.07) is -3.36. The number of amides is 4. The molecule has 0 aromatic rings. The third kappa shape index (κ3) is 10.7. The Morgan fingerprint density at radius 3 is 2.07 bits per heavy atom. The molecule has 0 saturated heterocycles. The molecule has 0 fully saturated rings. The number of carboxylic acids is 1. The van der Waals surface area contributed by atoms with Crippen molar-refractivity contribution in [1.29, 1.82) is 0 Å². The summed E-state index contributed by atoms with van der Waals surface area (Å²) in [6.45, 7) is -0.308. The molecule has 0 saturated carbocycles. The molecular formula is C15H28N6O6S. The first-order valence-corrected chi connectivity index (χ1v) is 9.20. The molecule has 0 aromatic heterocycles. The van der Waals surface area contributed by atoms with Gasteiger partial charge in [0.15, 0.2) is 0 Å². The standard InChI is InChI=1S/C15H28N6O6S/c16-4-2-1-3-9(20-13(25)8(17)7-28)15(27)21-10(5-11(18)22)14(26)19-6-12(23)24/h8-10,28H,1-7,16-17H2,(H2,18,22)(H,19,26)(H,20,25)(H,21,27)(H,23,24). The number of unbranched alkanes of at least 4 members (excludes halogenated alkanes) is 1. The molecule has 10 N–H and O–H groups in total. The summed E-state index contributed by atoms with van der Waals surface area (Å²) in [5.41, 5.74) is 16.1. The van der Waals surface area contributed by atoms with Crippen molar-refractivity contribution in [3.8, 4) is 0 Å². The van der Waals surface area contributed by atoms with Gasteiger partial charge in [-0.3, -0.25) is 24.0 Å². The zero-order chi connectivity index (χ0) is 21.7. The van der Waals surface area contributed by atoms with Crippen LogP contribution < -0.4 is 33.2 Å². The van der Waals surface area contributed by atoms with Gasteiger partial charge in [-0.25, -0.2) is 0 Å². The van der Waals surface area contributed by atoms with Crippen LogP contribution in [0, 0.1) is 0 Å². The zero-order valence-corrected chi connectivity index (χ0v) is 16.2. The van der Waals surface area contributed by atoms with Gasteiger partial charge in [-0.15, -0.1) is 0 Å². The van der Waals surface area contributed by atoms with Crippen LogP contribution in [0.4, 0.5) is 0 Å². The Morgan fingerprint density at radius 1 is 0.964 bits per heavy atom. The summed E-state index contributed by atoms with van der Waals surface area (Å²) < 4.78 is 0. The highest BCUT2D eigenvalue weighted by Crippen LogP contribution is 2.03. The smallest absolute Gasteiger partial charge is 0.322 e. The number of aliphatic carboxylic acids is 1. The predicted molar refractivity (Wildman–Crippen MR) is 103 cm³/mol. The summed E-state index contributed by atoms with van der Waals surface area (Å²) in [6.07, 6.45) is 0.781. The lowest BCUT2D eigenvalue weighted by molar-refractivity contribution is -0.138. The van der Waals surface area contributed by atoms with Crippen molar-refractivity contribution in [2.75, 3.05) is 18.8 Å². The molecule has 0 bridgehead atoms. The van der Waals surface area contributed by atoms with E-state index in [1.165, 1.54) is 0 Å². The third-order valence-corrected chi connectivity index (χ3v) is 3.96. The number of primary amides is 1. The van der Waals surface area contributed by atoms with Crippen molar-refractivity contribution in [3.05, 3.63) is 0 Å². The van der Waals surface area contributed by atoms with Crippen LogP contribution in [0.15, 0.2) is 0 Å². The Morgan fingerprint density at radius 2 is 1.57 bits per heavy atom. The van der Waals surface area contributed by atoms with Crippen molar-refractivity contribution in [2.24, 2.45) is 17.2 Å². The van der Waals surface area contributed by atoms with Crippen LogP contribution in [-0.4, -0.2) is 71.7 Å². The fraction of sp³-hybridized carbons (Fsp3) is 0.667. The van der Waals surface area contributed by atoms with Gasteiger partial charge in [-0.2, -0.15) is 12.6 Å². The van der Waals surface area contributed by atoms with E-state index in [0.717, 1.165) is 0 Å². The van der Waals surface area contributed by atoms with Crippen molar-refractivity contribution in [2.45, 2.75) is 43.8 Å². The number of carboxylic acid groups (broad SMARTS) is 1. The van der Waals surface area contributed by atoms with Crippen LogP contribution in [0.3, 0.4) is 0 Å². The second-order valence-corrected chi connectivity index (χ2v) is 6.34. The summed E-state index contributed by atoms with van der Waals surface area (Å²) in [4.78, 5) is 58.3. The van der Waals surface area contributed by atoms with Gasteiger partial charge in [0.05, 0.1) is 12.5 Å². The molecule has 12 nitrogen and oxygen atoms in total. The monoisotopic (exact) mass is 420 g/mol. The second-order valence-electron chi connectivity index (χ2n) is 5.98. The quantitative estimate of drug-likeness (QED) is 0.103. The van der Waals surface area contributed by atoms with E-state index >= 15 is 0 Å². The molecular weight excluding hydrogens is 392 g/mol. The van der Waals surface area contributed by atoms with E-state index in [-0.39, 0.29) is 12.2 Å². The van der Waals surface area contributed by atoms with E-state index in [4.69, 9.17) is 22.3 Å². The largest absolute Gasteiger partial charge is 0.480 e. The maximum absolute atomic E-state index is 12.6. The Hall–Kier alpha value is -2.38. The molecule has 3 unspecified atom stereocenters. The first-order valence-electron chi connectivity index (χ1n) is 8.57. The Balaban J connectivity index is 5.18. The molecule has 28 heavy (non-hydrogen) atoms. The lowest BCUT2D eigenvalue weighted by Gasteiger charge is -2.23. The number of rotatable bonds is 14. The minimum absolute atomic E-state index is 0.0604. The highest BCUT2D eigenvalue weighted by Gasteiger charge is 2.28. The molecule has 13 heteroatoms. The van der Waals surface area contributed by atoms with Gasteiger partial charge in [0.2, 0.25) is 23.6 Å². The van der Waals surface area contributed by atoms with Crippen LogP contribution in [-0.2, 0) is 24.0 Å². The van der Waals surface area contributed by atoms with E-state index in [1.807, 2.05) is 0 Å². The van der Waals surface area contributed by atoms with Gasteiger partial charge in [0, 0.05) is 5.75 Å². The third-order valence-electron chi connectivity index (χ3n) is 3.57. The second kappa shape index (κ2) is 13.7. The molecule has 0 aliphatic carbocycles. The molecule has 0 spiro atoms. The Kier molecular flexibility index (Phi) is 12.6. The number of hydrogen-bond donors (Lipinski definition) is 8. The minimum Gasteiger partial charge on any atom is -0.480 e. The topological polar surface area (TPSA) is 220 Å². The number of nitrogens with one attached hydrogen (secondary N) is 3. The average molecular weight is 420 g/mol. The maximum atomic E-state index is 12.6. The van der Waals surface area contributed by atoms with Crippen molar-refractivity contribution >= 4 is 42.2 Å². The fourth-order valence-corrected chi connectivity index (χ4v) is 2.26. The first kappa shape index (κ1) is 25.6. The van der Waals surface area contributed by atoms with E-state index in [9.17, 15) is 24.0 Å². The summed E-state index contributed by atoms with van der Waals surface area (Å²) in [5.74, 6) is -4.36. The van der Waals surface area contributed by atoms with E-state index in [0.29, 0.717) is 19.4 Å². The Bertz CT molecular complexity index is 575. The zero-order valence-electron chi connectivity index (χ0n) is 15.3. The summed E-state index contributed by atoms with van der Waals surface area (Å²) in [5, 5.41) is 15.5. The fourth-order valence-electron chi connectivity index (χ4n) is 2.09.